The first-order valence-electron chi connectivity index (χ1n) is 6.35. The lowest BCUT2D eigenvalue weighted by molar-refractivity contribution is 0.330. The van der Waals surface area contributed by atoms with E-state index < -0.39 is 0 Å². The second kappa shape index (κ2) is 5.78. The number of nitrogens with zero attached hydrogens (tertiary/aromatic N) is 1. The SMILES string of the molecule is CNCC(Cc1cnc(C)s1)C1CCCC1. The van der Waals surface area contributed by atoms with Gasteiger partial charge < -0.3 is 5.32 Å². The van der Waals surface area contributed by atoms with Crippen LogP contribution in [0.4, 0.5) is 0 Å². The molecule has 1 aliphatic carbocycles. The highest BCUT2D eigenvalue weighted by Crippen LogP contribution is 2.33. The van der Waals surface area contributed by atoms with Crippen LogP contribution < -0.4 is 5.32 Å². The maximum Gasteiger partial charge on any atom is 0.0896 e. The Kier molecular flexibility index (Phi) is 4.36. The summed E-state index contributed by atoms with van der Waals surface area (Å²) in [5, 5.41) is 4.55. The highest BCUT2D eigenvalue weighted by atomic mass is 32.1. The monoisotopic (exact) mass is 238 g/mol. The van der Waals surface area contributed by atoms with E-state index in [0.29, 0.717) is 0 Å². The Bertz CT molecular complexity index is 315. The molecule has 0 saturated heterocycles. The molecule has 1 saturated carbocycles. The van der Waals surface area contributed by atoms with Crippen LogP contribution in [-0.4, -0.2) is 18.6 Å². The van der Waals surface area contributed by atoms with Crippen LogP contribution in [-0.2, 0) is 6.42 Å². The molecule has 1 aliphatic rings. The van der Waals surface area contributed by atoms with Crippen molar-refractivity contribution in [3.05, 3.63) is 16.1 Å². The highest BCUT2D eigenvalue weighted by Gasteiger charge is 2.25. The van der Waals surface area contributed by atoms with Gasteiger partial charge in [-0.25, -0.2) is 4.98 Å². The van der Waals surface area contributed by atoms with E-state index in [9.17, 15) is 0 Å². The molecule has 0 spiro atoms. The molecule has 2 nitrogen and oxygen atoms in total. The minimum absolute atomic E-state index is 0.812. The van der Waals surface area contributed by atoms with Gasteiger partial charge >= 0.3 is 0 Å². The summed E-state index contributed by atoms with van der Waals surface area (Å²) in [5.41, 5.74) is 0. The summed E-state index contributed by atoms with van der Waals surface area (Å²) in [4.78, 5) is 5.82. The molecule has 90 valence electrons. The fourth-order valence-electron chi connectivity index (χ4n) is 2.85. The van der Waals surface area contributed by atoms with Crippen molar-refractivity contribution < 1.29 is 0 Å². The van der Waals surface area contributed by atoms with Crippen molar-refractivity contribution in [3.8, 4) is 0 Å². The molecule has 1 unspecified atom stereocenters. The molecule has 0 aromatic carbocycles. The molecule has 0 aliphatic heterocycles. The normalized spacial score (nSPS) is 19.1. The maximum absolute atomic E-state index is 4.35. The van der Waals surface area contributed by atoms with E-state index >= 15 is 0 Å². The first-order valence-corrected chi connectivity index (χ1v) is 7.17. The van der Waals surface area contributed by atoms with Crippen molar-refractivity contribution in [1.82, 2.24) is 10.3 Å². The van der Waals surface area contributed by atoms with Gasteiger partial charge in [0, 0.05) is 11.1 Å². The highest BCUT2D eigenvalue weighted by molar-refractivity contribution is 7.11. The topological polar surface area (TPSA) is 24.9 Å². The van der Waals surface area contributed by atoms with Crippen molar-refractivity contribution >= 4 is 11.3 Å². The largest absolute Gasteiger partial charge is 0.319 e. The molecule has 1 heterocycles. The fraction of sp³-hybridized carbons (Fsp3) is 0.769. The molecule has 0 bridgehead atoms. The van der Waals surface area contributed by atoms with Crippen molar-refractivity contribution in [2.75, 3.05) is 13.6 Å². The average Bonchev–Trinajstić information content (AvgIpc) is 2.88. The molecule has 2 rings (SSSR count). The Labute approximate surface area is 102 Å². The molecule has 16 heavy (non-hydrogen) atoms. The van der Waals surface area contributed by atoms with Crippen LogP contribution in [0, 0.1) is 18.8 Å². The van der Waals surface area contributed by atoms with Gasteiger partial charge in [0.25, 0.3) is 0 Å². The smallest absolute Gasteiger partial charge is 0.0896 e. The fourth-order valence-corrected chi connectivity index (χ4v) is 3.74. The van der Waals surface area contributed by atoms with E-state index in [2.05, 4.69) is 30.5 Å². The van der Waals surface area contributed by atoms with Gasteiger partial charge in [-0.3, -0.25) is 0 Å². The van der Waals surface area contributed by atoms with Gasteiger partial charge in [0.1, 0.15) is 0 Å². The summed E-state index contributed by atoms with van der Waals surface area (Å²) in [6.07, 6.45) is 9.03. The molecule has 1 aromatic rings. The van der Waals surface area contributed by atoms with Crippen molar-refractivity contribution in [3.63, 3.8) is 0 Å². The Balaban J connectivity index is 1.96. The van der Waals surface area contributed by atoms with Gasteiger partial charge in [-0.15, -0.1) is 11.3 Å². The molecule has 1 aromatic heterocycles. The zero-order valence-corrected chi connectivity index (χ0v) is 11.1. The number of rotatable bonds is 5. The molecular formula is C13H22N2S. The molecule has 3 heteroatoms. The van der Waals surface area contributed by atoms with Crippen LogP contribution in [0.2, 0.25) is 0 Å². The lowest BCUT2D eigenvalue weighted by atomic mass is 9.88. The third-order valence-electron chi connectivity index (χ3n) is 3.67. The number of hydrogen-bond donors (Lipinski definition) is 1. The molecule has 1 atom stereocenters. The van der Waals surface area contributed by atoms with Crippen LogP contribution in [0.25, 0.3) is 0 Å². The summed E-state index contributed by atoms with van der Waals surface area (Å²) in [5.74, 6) is 1.75. The minimum Gasteiger partial charge on any atom is -0.319 e. The van der Waals surface area contributed by atoms with Gasteiger partial charge in [0.2, 0.25) is 0 Å². The van der Waals surface area contributed by atoms with E-state index in [0.717, 1.165) is 18.4 Å². The van der Waals surface area contributed by atoms with Crippen molar-refractivity contribution in [2.24, 2.45) is 11.8 Å². The number of hydrogen-bond acceptors (Lipinski definition) is 3. The summed E-state index contributed by atoms with van der Waals surface area (Å²) in [7, 11) is 2.07. The van der Waals surface area contributed by atoms with Crippen LogP contribution >= 0.6 is 11.3 Å². The van der Waals surface area contributed by atoms with E-state index in [1.165, 1.54) is 42.0 Å². The van der Waals surface area contributed by atoms with Crippen LogP contribution in [0.15, 0.2) is 6.20 Å². The Morgan fingerprint density at radius 3 is 2.81 bits per heavy atom. The second-order valence-electron chi connectivity index (χ2n) is 4.91. The van der Waals surface area contributed by atoms with Gasteiger partial charge in [0.15, 0.2) is 0 Å². The van der Waals surface area contributed by atoms with E-state index in [1.807, 2.05) is 11.3 Å². The number of thiazole rings is 1. The lowest BCUT2D eigenvalue weighted by Crippen LogP contribution is -2.26. The van der Waals surface area contributed by atoms with E-state index in [4.69, 9.17) is 0 Å². The number of aryl methyl sites for hydroxylation is 1. The molecule has 0 amide bonds. The molecule has 0 radical (unpaired) electrons. The predicted molar refractivity (Wildman–Crippen MR) is 69.9 cm³/mol. The zero-order chi connectivity index (χ0) is 11.4. The zero-order valence-electron chi connectivity index (χ0n) is 10.3. The van der Waals surface area contributed by atoms with Gasteiger partial charge in [-0.1, -0.05) is 25.7 Å². The second-order valence-corrected chi connectivity index (χ2v) is 6.23. The summed E-state index contributed by atoms with van der Waals surface area (Å²) in [6, 6.07) is 0. The number of aromatic nitrogens is 1. The third kappa shape index (κ3) is 3.05. The predicted octanol–water partition coefficient (Wildman–Crippen LogP) is 3.02. The first kappa shape index (κ1) is 12.1. The Morgan fingerprint density at radius 2 is 2.25 bits per heavy atom. The standard InChI is InChI=1S/C13H22N2S/c1-10-15-9-13(16-10)7-12(8-14-2)11-5-3-4-6-11/h9,11-12,14H,3-8H2,1-2H3. The Morgan fingerprint density at radius 1 is 1.50 bits per heavy atom. The summed E-state index contributed by atoms with van der Waals surface area (Å²) < 4.78 is 0. The average molecular weight is 238 g/mol. The van der Waals surface area contributed by atoms with Crippen molar-refractivity contribution in [1.29, 1.82) is 0 Å². The van der Waals surface area contributed by atoms with Gasteiger partial charge in [-0.05, 0) is 38.8 Å². The third-order valence-corrected chi connectivity index (χ3v) is 4.60. The first-order chi connectivity index (χ1) is 7.79. The van der Waals surface area contributed by atoms with Crippen LogP contribution in [0.5, 0.6) is 0 Å². The summed E-state index contributed by atoms with van der Waals surface area (Å²) >= 11 is 1.86. The summed E-state index contributed by atoms with van der Waals surface area (Å²) in [6.45, 7) is 3.25. The quantitative estimate of drug-likeness (QED) is 0.853. The van der Waals surface area contributed by atoms with Crippen LogP contribution in [0.3, 0.4) is 0 Å². The van der Waals surface area contributed by atoms with E-state index in [1.54, 1.807) is 0 Å². The van der Waals surface area contributed by atoms with Crippen molar-refractivity contribution in [2.45, 2.75) is 39.0 Å². The van der Waals surface area contributed by atoms with Gasteiger partial charge in [-0.2, -0.15) is 0 Å². The molecule has 1 N–H and O–H groups in total. The molecular weight excluding hydrogens is 216 g/mol. The molecule has 1 fully saturated rings. The lowest BCUT2D eigenvalue weighted by Gasteiger charge is -2.22. The number of nitrogens with one attached hydrogen (secondary N) is 1. The Hall–Kier alpha value is -0.410. The minimum atomic E-state index is 0.812. The van der Waals surface area contributed by atoms with Crippen LogP contribution in [0.1, 0.15) is 35.6 Å². The van der Waals surface area contributed by atoms with Gasteiger partial charge in [0.05, 0.1) is 5.01 Å². The van der Waals surface area contributed by atoms with E-state index in [-0.39, 0.29) is 0 Å². The maximum atomic E-state index is 4.35.